The molecule has 2 rings (SSSR count). The van der Waals surface area contributed by atoms with Crippen molar-refractivity contribution >= 4 is 41.2 Å². The van der Waals surface area contributed by atoms with Gasteiger partial charge in [-0.15, -0.1) is 0 Å². The van der Waals surface area contributed by atoms with Crippen LogP contribution in [0.15, 0.2) is 47.6 Å². The Balaban J connectivity index is 1.86. The fraction of sp³-hybridized carbons (Fsp3) is 0.111. The van der Waals surface area contributed by atoms with Crippen LogP contribution in [0.2, 0.25) is 5.02 Å². The number of halogens is 1. The predicted octanol–water partition coefficient (Wildman–Crippen LogP) is 1.30. The van der Waals surface area contributed by atoms with E-state index in [9.17, 15) is 14.4 Å². The van der Waals surface area contributed by atoms with E-state index in [0.717, 1.165) is 0 Å². The molecule has 0 atom stereocenters. The third-order valence-electron chi connectivity index (χ3n) is 3.26. The molecule has 0 heterocycles. The lowest BCUT2D eigenvalue weighted by Gasteiger charge is -2.07. The number of benzene rings is 2. The van der Waals surface area contributed by atoms with E-state index in [2.05, 4.69) is 15.8 Å². The predicted molar refractivity (Wildman–Crippen MR) is 104 cm³/mol. The summed E-state index contributed by atoms with van der Waals surface area (Å²) >= 11 is 5.96. The largest absolute Gasteiger partial charge is 0.495 e. The quantitative estimate of drug-likeness (QED) is 0.363. The second kappa shape index (κ2) is 9.93. The fourth-order valence-corrected chi connectivity index (χ4v) is 2.21. The number of nitrogens with two attached hydrogens (primary N) is 1. The molecule has 0 aliphatic rings. The van der Waals surface area contributed by atoms with Crippen molar-refractivity contribution in [3.8, 4) is 11.5 Å². The Kier molecular flexibility index (Phi) is 7.35. The molecule has 2 aromatic rings. The minimum absolute atomic E-state index is 0.224. The summed E-state index contributed by atoms with van der Waals surface area (Å²) in [7, 11) is 1.46. The number of hydrogen-bond acceptors (Lipinski definition) is 6. The van der Waals surface area contributed by atoms with Crippen LogP contribution < -0.4 is 25.9 Å². The number of hydrogen-bond donors (Lipinski definition) is 3. The van der Waals surface area contributed by atoms with Gasteiger partial charge in [0.15, 0.2) is 6.61 Å². The normalized spacial score (nSPS) is 10.4. The first kappa shape index (κ1) is 20.7. The average Bonchev–Trinajstić information content (AvgIpc) is 2.67. The zero-order chi connectivity index (χ0) is 20.5. The van der Waals surface area contributed by atoms with Crippen LogP contribution in [0.3, 0.4) is 0 Å². The number of nitrogens with zero attached hydrogens (tertiary/aromatic N) is 1. The second-order valence-corrected chi connectivity index (χ2v) is 5.73. The Morgan fingerprint density at radius 3 is 2.46 bits per heavy atom. The lowest BCUT2D eigenvalue weighted by atomic mass is 10.2. The Hall–Kier alpha value is -3.59. The van der Waals surface area contributed by atoms with E-state index in [0.29, 0.717) is 27.8 Å². The highest BCUT2D eigenvalue weighted by Crippen LogP contribution is 2.27. The van der Waals surface area contributed by atoms with Gasteiger partial charge in [-0.05, 0) is 48.0 Å². The smallest absolute Gasteiger partial charge is 0.329 e. The Morgan fingerprint density at radius 1 is 1.14 bits per heavy atom. The summed E-state index contributed by atoms with van der Waals surface area (Å²) in [4.78, 5) is 34.3. The molecule has 0 saturated heterocycles. The summed E-state index contributed by atoms with van der Waals surface area (Å²) in [6.07, 6.45) is 1.34. The molecule has 0 spiro atoms. The average molecular weight is 405 g/mol. The van der Waals surface area contributed by atoms with Gasteiger partial charge in [0.2, 0.25) is 0 Å². The van der Waals surface area contributed by atoms with Gasteiger partial charge in [0.25, 0.3) is 5.91 Å². The first-order chi connectivity index (χ1) is 13.4. The number of carbonyl (C=O) groups is 3. The molecule has 3 amide bonds. The summed E-state index contributed by atoms with van der Waals surface area (Å²) in [5, 5.41) is 6.39. The van der Waals surface area contributed by atoms with Crippen LogP contribution in [-0.2, 0) is 14.4 Å². The maximum absolute atomic E-state index is 11.9. The van der Waals surface area contributed by atoms with Gasteiger partial charge in [0, 0.05) is 5.69 Å². The van der Waals surface area contributed by atoms with Crippen molar-refractivity contribution in [3.63, 3.8) is 0 Å². The molecular formula is C18H17ClN4O5. The van der Waals surface area contributed by atoms with Crippen molar-refractivity contribution in [1.29, 1.82) is 0 Å². The minimum Gasteiger partial charge on any atom is -0.495 e. The molecule has 2 aromatic carbocycles. The van der Waals surface area contributed by atoms with Gasteiger partial charge in [-0.2, -0.15) is 5.10 Å². The van der Waals surface area contributed by atoms with Crippen LogP contribution >= 0.6 is 11.6 Å². The number of nitrogens with one attached hydrogen (secondary N) is 2. The van der Waals surface area contributed by atoms with Crippen LogP contribution in [0, 0.1) is 0 Å². The topological polar surface area (TPSA) is 132 Å². The van der Waals surface area contributed by atoms with Gasteiger partial charge >= 0.3 is 11.8 Å². The maximum atomic E-state index is 11.9. The maximum Gasteiger partial charge on any atom is 0.329 e. The number of primary amides is 1. The van der Waals surface area contributed by atoms with Crippen LogP contribution in [0.1, 0.15) is 5.56 Å². The summed E-state index contributed by atoms with van der Waals surface area (Å²) in [5.74, 6) is -1.54. The molecule has 0 aliphatic heterocycles. The van der Waals surface area contributed by atoms with Crippen LogP contribution in [-0.4, -0.2) is 37.7 Å². The molecule has 146 valence electrons. The SMILES string of the molecule is COc1ccc(NC(=O)C(=O)NN=Cc2ccc(OCC(N)=O)cc2)cc1Cl. The molecule has 0 fully saturated rings. The molecule has 0 saturated carbocycles. The summed E-state index contributed by atoms with van der Waals surface area (Å²) in [6, 6.07) is 11.1. The van der Waals surface area contributed by atoms with Crippen LogP contribution in [0.5, 0.6) is 11.5 Å². The third kappa shape index (κ3) is 6.29. The molecule has 10 heteroatoms. The van der Waals surface area contributed by atoms with Crippen LogP contribution in [0.4, 0.5) is 5.69 Å². The van der Waals surface area contributed by atoms with Gasteiger partial charge in [0.05, 0.1) is 18.3 Å². The monoisotopic (exact) mass is 404 g/mol. The molecule has 0 aromatic heterocycles. The lowest BCUT2D eigenvalue weighted by Crippen LogP contribution is -2.32. The van der Waals surface area contributed by atoms with E-state index in [-0.39, 0.29) is 6.61 Å². The number of anilines is 1. The number of ether oxygens (including phenoxy) is 2. The zero-order valence-corrected chi connectivity index (χ0v) is 15.5. The summed E-state index contributed by atoms with van der Waals surface area (Å²) < 4.78 is 10.1. The zero-order valence-electron chi connectivity index (χ0n) is 14.8. The standard InChI is InChI=1S/C18H17ClN4O5/c1-27-15-7-4-12(8-14(15)19)22-17(25)18(26)23-21-9-11-2-5-13(6-3-11)28-10-16(20)24/h2-9H,10H2,1H3,(H2,20,24)(H,22,25)(H,23,26). The highest BCUT2D eigenvalue weighted by molar-refractivity contribution is 6.40. The Labute approximate surface area is 165 Å². The molecule has 4 N–H and O–H groups in total. The van der Waals surface area contributed by atoms with Crippen molar-refractivity contribution < 1.29 is 23.9 Å². The van der Waals surface area contributed by atoms with Crippen molar-refractivity contribution in [1.82, 2.24) is 5.43 Å². The van der Waals surface area contributed by atoms with Gasteiger partial charge in [-0.3, -0.25) is 14.4 Å². The van der Waals surface area contributed by atoms with E-state index in [4.69, 9.17) is 26.8 Å². The molecule has 0 unspecified atom stereocenters. The molecule has 0 radical (unpaired) electrons. The number of amides is 3. The third-order valence-corrected chi connectivity index (χ3v) is 3.55. The van der Waals surface area contributed by atoms with Gasteiger partial charge in [-0.25, -0.2) is 5.43 Å². The Morgan fingerprint density at radius 2 is 1.86 bits per heavy atom. The lowest BCUT2D eigenvalue weighted by molar-refractivity contribution is -0.136. The summed E-state index contributed by atoms with van der Waals surface area (Å²) in [6.45, 7) is -0.224. The van der Waals surface area contributed by atoms with Crippen molar-refractivity contribution in [3.05, 3.63) is 53.1 Å². The van der Waals surface area contributed by atoms with Crippen molar-refractivity contribution in [2.75, 3.05) is 19.0 Å². The first-order valence-electron chi connectivity index (χ1n) is 7.88. The minimum atomic E-state index is -0.954. The summed E-state index contributed by atoms with van der Waals surface area (Å²) in [5.41, 5.74) is 8.07. The number of methoxy groups -OCH3 is 1. The van der Waals surface area contributed by atoms with Crippen molar-refractivity contribution in [2.24, 2.45) is 10.8 Å². The van der Waals surface area contributed by atoms with Gasteiger partial charge in [0.1, 0.15) is 11.5 Å². The number of carbonyl (C=O) groups excluding carboxylic acids is 3. The van der Waals surface area contributed by atoms with E-state index in [1.165, 1.54) is 19.4 Å². The van der Waals surface area contributed by atoms with Crippen molar-refractivity contribution in [2.45, 2.75) is 0 Å². The highest BCUT2D eigenvalue weighted by Gasteiger charge is 2.13. The van der Waals surface area contributed by atoms with E-state index >= 15 is 0 Å². The number of rotatable bonds is 7. The molecule has 0 bridgehead atoms. The molecule has 0 aliphatic carbocycles. The fourth-order valence-electron chi connectivity index (χ4n) is 1.95. The molecule has 28 heavy (non-hydrogen) atoms. The Bertz CT molecular complexity index is 899. The van der Waals surface area contributed by atoms with Crippen LogP contribution in [0.25, 0.3) is 0 Å². The second-order valence-electron chi connectivity index (χ2n) is 5.33. The number of hydrazone groups is 1. The highest BCUT2D eigenvalue weighted by atomic mass is 35.5. The molecular weight excluding hydrogens is 388 g/mol. The van der Waals surface area contributed by atoms with E-state index in [1.807, 2.05) is 0 Å². The van der Waals surface area contributed by atoms with E-state index < -0.39 is 17.7 Å². The van der Waals surface area contributed by atoms with E-state index in [1.54, 1.807) is 36.4 Å². The van der Waals surface area contributed by atoms with Gasteiger partial charge < -0.3 is 20.5 Å². The van der Waals surface area contributed by atoms with Gasteiger partial charge in [-0.1, -0.05) is 11.6 Å². The first-order valence-corrected chi connectivity index (χ1v) is 8.26. The molecule has 9 nitrogen and oxygen atoms in total.